The standard InChI is InChI=1S/C21H16Cl2N2O3/c22-17-6-1-14(2-7-17)19(26)10-5-16-13-25(12-11-20(27)28)24-21(16)15-3-8-18(23)9-4-15/h1-10,13H,11-12H2,(H,27,28)/p-1/b10-5+. The van der Waals surface area contributed by atoms with Crippen LogP contribution in [0.1, 0.15) is 22.3 Å². The second-order valence-electron chi connectivity index (χ2n) is 6.03. The Balaban J connectivity index is 1.90. The van der Waals surface area contributed by atoms with Gasteiger partial charge in [-0.15, -0.1) is 0 Å². The van der Waals surface area contributed by atoms with Crippen molar-refractivity contribution in [2.45, 2.75) is 13.0 Å². The molecule has 28 heavy (non-hydrogen) atoms. The molecule has 0 spiro atoms. The maximum Gasteiger partial charge on any atom is 0.185 e. The van der Waals surface area contributed by atoms with Gasteiger partial charge in [-0.25, -0.2) is 0 Å². The molecule has 0 bridgehead atoms. The largest absolute Gasteiger partial charge is 0.550 e. The fourth-order valence-electron chi connectivity index (χ4n) is 2.59. The van der Waals surface area contributed by atoms with Gasteiger partial charge in [0.15, 0.2) is 5.78 Å². The molecule has 0 aliphatic heterocycles. The molecule has 0 unspecified atom stereocenters. The number of aliphatic carboxylic acids is 1. The second kappa shape index (κ2) is 8.87. The summed E-state index contributed by atoms with van der Waals surface area (Å²) in [6.07, 6.45) is 4.64. The number of carbonyl (C=O) groups excluding carboxylic acids is 2. The third kappa shape index (κ3) is 5.09. The minimum atomic E-state index is -1.15. The van der Waals surface area contributed by atoms with Crippen molar-refractivity contribution in [3.8, 4) is 11.3 Å². The van der Waals surface area contributed by atoms with Crippen LogP contribution in [0.3, 0.4) is 0 Å². The van der Waals surface area contributed by atoms with Crippen LogP contribution in [0.2, 0.25) is 10.0 Å². The quantitative estimate of drug-likeness (QED) is 0.434. The first-order valence-corrected chi connectivity index (χ1v) is 9.19. The highest BCUT2D eigenvalue weighted by Gasteiger charge is 2.10. The maximum absolute atomic E-state index is 12.4. The van der Waals surface area contributed by atoms with Crippen molar-refractivity contribution in [3.63, 3.8) is 0 Å². The van der Waals surface area contributed by atoms with Gasteiger partial charge in [0.05, 0.1) is 5.69 Å². The lowest BCUT2D eigenvalue weighted by molar-refractivity contribution is -0.306. The molecule has 2 aromatic carbocycles. The summed E-state index contributed by atoms with van der Waals surface area (Å²) in [5.41, 5.74) is 2.62. The zero-order valence-corrected chi connectivity index (χ0v) is 16.2. The lowest BCUT2D eigenvalue weighted by Crippen LogP contribution is -2.23. The molecule has 0 saturated heterocycles. The van der Waals surface area contributed by atoms with E-state index >= 15 is 0 Å². The first-order valence-electron chi connectivity index (χ1n) is 8.43. The summed E-state index contributed by atoms with van der Waals surface area (Å²) >= 11 is 11.8. The molecule has 0 aliphatic carbocycles. The third-order valence-corrected chi connectivity index (χ3v) is 4.50. The van der Waals surface area contributed by atoms with E-state index in [0.717, 1.165) is 5.56 Å². The predicted octanol–water partition coefficient (Wildman–Crippen LogP) is 3.89. The number of rotatable bonds is 7. The summed E-state index contributed by atoms with van der Waals surface area (Å²) in [7, 11) is 0. The molecule has 7 heteroatoms. The highest BCUT2D eigenvalue weighted by molar-refractivity contribution is 6.31. The first kappa shape index (κ1) is 19.9. The number of aryl methyl sites for hydroxylation is 1. The number of halogens is 2. The van der Waals surface area contributed by atoms with E-state index in [-0.39, 0.29) is 18.7 Å². The fraction of sp³-hybridized carbons (Fsp3) is 0.0952. The topological polar surface area (TPSA) is 75.0 Å². The van der Waals surface area contributed by atoms with Gasteiger partial charge in [0.1, 0.15) is 0 Å². The van der Waals surface area contributed by atoms with E-state index in [0.29, 0.717) is 26.9 Å². The Morgan fingerprint density at radius 2 is 1.61 bits per heavy atom. The first-order chi connectivity index (χ1) is 13.4. The van der Waals surface area contributed by atoms with Crippen LogP contribution in [0, 0.1) is 0 Å². The van der Waals surface area contributed by atoms with Crippen LogP contribution in [0.15, 0.2) is 60.8 Å². The van der Waals surface area contributed by atoms with Gasteiger partial charge >= 0.3 is 0 Å². The number of hydrogen-bond donors (Lipinski definition) is 0. The number of benzene rings is 2. The van der Waals surface area contributed by atoms with Crippen molar-refractivity contribution in [3.05, 3.63) is 82.0 Å². The summed E-state index contributed by atoms with van der Waals surface area (Å²) in [5.74, 6) is -1.33. The Morgan fingerprint density at radius 3 is 2.21 bits per heavy atom. The van der Waals surface area contributed by atoms with Crippen LogP contribution >= 0.6 is 23.2 Å². The molecule has 0 fully saturated rings. The molecule has 0 saturated carbocycles. The number of allylic oxidation sites excluding steroid dienone is 1. The SMILES string of the molecule is O=C([O-])CCn1cc(/C=C/C(=O)c2ccc(Cl)cc2)c(-c2ccc(Cl)cc2)n1. The molecule has 1 aromatic heterocycles. The van der Waals surface area contributed by atoms with Crippen molar-refractivity contribution < 1.29 is 14.7 Å². The lowest BCUT2D eigenvalue weighted by Gasteiger charge is -2.02. The smallest absolute Gasteiger partial charge is 0.185 e. The zero-order valence-electron chi connectivity index (χ0n) is 14.6. The summed E-state index contributed by atoms with van der Waals surface area (Å²) in [6, 6.07) is 13.7. The summed E-state index contributed by atoms with van der Waals surface area (Å²) in [5, 5.41) is 16.3. The molecule has 3 aromatic rings. The Hall–Kier alpha value is -2.89. The van der Waals surface area contributed by atoms with Gasteiger partial charge in [0.25, 0.3) is 0 Å². The van der Waals surface area contributed by atoms with Crippen molar-refractivity contribution in [2.75, 3.05) is 0 Å². The summed E-state index contributed by atoms with van der Waals surface area (Å²) < 4.78 is 1.52. The molecular weight excluding hydrogens is 399 g/mol. The number of hydrogen-bond acceptors (Lipinski definition) is 4. The molecule has 3 rings (SSSR count). The molecule has 0 N–H and O–H groups in total. The molecule has 1 heterocycles. The van der Waals surface area contributed by atoms with Crippen molar-refractivity contribution in [2.24, 2.45) is 0 Å². The van der Waals surface area contributed by atoms with Crippen molar-refractivity contribution >= 4 is 41.0 Å². The van der Waals surface area contributed by atoms with E-state index < -0.39 is 5.97 Å². The van der Waals surface area contributed by atoms with Gasteiger partial charge in [0, 0.05) is 51.9 Å². The van der Waals surface area contributed by atoms with Gasteiger partial charge in [-0.2, -0.15) is 5.10 Å². The molecule has 0 aliphatic rings. The highest BCUT2D eigenvalue weighted by atomic mass is 35.5. The number of aromatic nitrogens is 2. The molecule has 0 atom stereocenters. The molecular formula is C21H15Cl2N2O3-. The second-order valence-corrected chi connectivity index (χ2v) is 6.90. The average Bonchev–Trinajstić information content (AvgIpc) is 3.09. The minimum absolute atomic E-state index is 0.158. The maximum atomic E-state index is 12.4. The van der Waals surface area contributed by atoms with E-state index in [1.54, 1.807) is 48.7 Å². The van der Waals surface area contributed by atoms with Gasteiger partial charge in [-0.05, 0) is 48.6 Å². The monoisotopic (exact) mass is 413 g/mol. The minimum Gasteiger partial charge on any atom is -0.550 e. The van der Waals surface area contributed by atoms with E-state index in [4.69, 9.17) is 23.2 Å². The zero-order chi connectivity index (χ0) is 20.1. The van der Waals surface area contributed by atoms with E-state index in [2.05, 4.69) is 5.10 Å². The van der Waals surface area contributed by atoms with Crippen LogP contribution in [0.5, 0.6) is 0 Å². The van der Waals surface area contributed by atoms with Crippen LogP contribution < -0.4 is 5.11 Å². The van der Waals surface area contributed by atoms with Gasteiger partial charge in [-0.1, -0.05) is 35.3 Å². The van der Waals surface area contributed by atoms with E-state index in [1.807, 2.05) is 12.1 Å². The Bertz CT molecular complexity index is 1020. The molecule has 0 amide bonds. The Morgan fingerprint density at radius 1 is 1.00 bits per heavy atom. The lowest BCUT2D eigenvalue weighted by atomic mass is 10.1. The van der Waals surface area contributed by atoms with Crippen molar-refractivity contribution in [1.82, 2.24) is 9.78 Å². The predicted molar refractivity (Wildman–Crippen MR) is 107 cm³/mol. The molecule has 0 radical (unpaired) electrons. The number of nitrogens with zero attached hydrogens (tertiary/aromatic N) is 2. The Kier molecular flexibility index (Phi) is 6.29. The number of carbonyl (C=O) groups is 2. The van der Waals surface area contributed by atoms with E-state index in [1.165, 1.54) is 10.8 Å². The Labute approximate surface area is 171 Å². The summed E-state index contributed by atoms with van der Waals surface area (Å²) in [4.78, 5) is 23.1. The van der Waals surface area contributed by atoms with Gasteiger partial charge in [0.2, 0.25) is 0 Å². The van der Waals surface area contributed by atoms with Crippen LogP contribution in [0.25, 0.3) is 17.3 Å². The van der Waals surface area contributed by atoms with Crippen molar-refractivity contribution in [1.29, 1.82) is 0 Å². The van der Waals surface area contributed by atoms with Crippen LogP contribution in [-0.2, 0) is 11.3 Å². The molecule has 142 valence electrons. The number of ketones is 1. The van der Waals surface area contributed by atoms with Crippen LogP contribution in [0.4, 0.5) is 0 Å². The average molecular weight is 414 g/mol. The molecule has 5 nitrogen and oxygen atoms in total. The fourth-order valence-corrected chi connectivity index (χ4v) is 2.84. The number of carboxylic acids is 1. The van der Waals surface area contributed by atoms with Crippen LogP contribution in [-0.4, -0.2) is 21.5 Å². The third-order valence-electron chi connectivity index (χ3n) is 4.00. The van der Waals surface area contributed by atoms with Gasteiger partial charge < -0.3 is 9.90 Å². The highest BCUT2D eigenvalue weighted by Crippen LogP contribution is 2.25. The summed E-state index contributed by atoms with van der Waals surface area (Å²) in [6.45, 7) is 0.169. The van der Waals surface area contributed by atoms with E-state index in [9.17, 15) is 14.7 Å². The number of carboxylic acid groups (broad SMARTS) is 1. The van der Waals surface area contributed by atoms with Gasteiger partial charge in [-0.3, -0.25) is 9.48 Å². The normalized spacial score (nSPS) is 11.1.